The predicted molar refractivity (Wildman–Crippen MR) is 86.1 cm³/mol. The number of amides is 2. The van der Waals surface area contributed by atoms with Crippen LogP contribution in [0.4, 0.5) is 5.69 Å². The molecule has 2 amide bonds. The number of aryl methyl sites for hydroxylation is 1. The molecular formula is C15H15ClN2O2S. The first kappa shape index (κ1) is 15.5. The van der Waals surface area contributed by atoms with Crippen molar-refractivity contribution in [2.75, 3.05) is 18.9 Å². The van der Waals surface area contributed by atoms with Crippen molar-refractivity contribution in [2.24, 2.45) is 0 Å². The highest BCUT2D eigenvalue weighted by atomic mass is 35.5. The van der Waals surface area contributed by atoms with Gasteiger partial charge in [-0.1, -0.05) is 29.3 Å². The summed E-state index contributed by atoms with van der Waals surface area (Å²) >= 11 is 7.00. The molecule has 0 atom stereocenters. The second-order valence-corrected chi connectivity index (χ2v) is 6.39. The average Bonchev–Trinajstić information content (AvgIpc) is 2.87. The average molecular weight is 323 g/mol. The number of anilines is 1. The van der Waals surface area contributed by atoms with Gasteiger partial charge in [0.25, 0.3) is 5.91 Å². The normalized spacial score (nSPS) is 10.2. The number of hydrogen-bond donors (Lipinski definition) is 1. The molecule has 0 bridgehead atoms. The van der Waals surface area contributed by atoms with Crippen LogP contribution in [0.5, 0.6) is 0 Å². The third-order valence-electron chi connectivity index (χ3n) is 2.85. The van der Waals surface area contributed by atoms with Crippen molar-refractivity contribution >= 4 is 40.4 Å². The molecule has 0 unspecified atom stereocenters. The molecule has 0 saturated carbocycles. The van der Waals surface area contributed by atoms with Crippen molar-refractivity contribution < 1.29 is 9.59 Å². The monoisotopic (exact) mass is 322 g/mol. The Labute approximate surface area is 132 Å². The molecule has 2 rings (SSSR count). The second kappa shape index (κ2) is 6.74. The summed E-state index contributed by atoms with van der Waals surface area (Å²) in [5.74, 6) is -0.455. The van der Waals surface area contributed by atoms with Crippen molar-refractivity contribution in [3.8, 4) is 0 Å². The molecule has 0 aliphatic rings. The smallest absolute Gasteiger partial charge is 0.264 e. The zero-order valence-corrected chi connectivity index (χ0v) is 13.3. The van der Waals surface area contributed by atoms with Crippen LogP contribution in [-0.4, -0.2) is 30.3 Å². The Morgan fingerprint density at radius 1 is 1.19 bits per heavy atom. The molecule has 110 valence electrons. The van der Waals surface area contributed by atoms with Gasteiger partial charge in [-0.3, -0.25) is 9.59 Å². The highest BCUT2D eigenvalue weighted by molar-refractivity contribution is 7.17. The Hall–Kier alpha value is -1.85. The summed E-state index contributed by atoms with van der Waals surface area (Å²) in [6.07, 6.45) is 0. The molecule has 1 aromatic carbocycles. The third kappa shape index (κ3) is 4.31. The number of hydrogen-bond acceptors (Lipinski definition) is 3. The number of likely N-dealkylation sites (N-methyl/N-ethyl adjacent to an activating group) is 1. The molecule has 4 nitrogen and oxygen atoms in total. The summed E-state index contributed by atoms with van der Waals surface area (Å²) in [6.45, 7) is 1.96. The van der Waals surface area contributed by atoms with Crippen LogP contribution in [-0.2, 0) is 4.79 Å². The van der Waals surface area contributed by atoms with Gasteiger partial charge in [-0.2, -0.15) is 0 Å². The number of nitrogens with one attached hydrogen (secondary N) is 1. The molecule has 0 fully saturated rings. The van der Waals surface area contributed by atoms with Gasteiger partial charge >= 0.3 is 0 Å². The zero-order chi connectivity index (χ0) is 15.4. The number of nitrogens with zero attached hydrogens (tertiary/aromatic N) is 1. The molecular weight excluding hydrogens is 308 g/mol. The molecule has 0 saturated heterocycles. The third-order valence-corrected chi connectivity index (χ3v) is 4.07. The first-order chi connectivity index (χ1) is 9.95. The van der Waals surface area contributed by atoms with Gasteiger partial charge in [-0.25, -0.2) is 0 Å². The van der Waals surface area contributed by atoms with Gasteiger partial charge in [-0.15, -0.1) is 11.3 Å². The number of halogens is 1. The summed E-state index contributed by atoms with van der Waals surface area (Å²) in [4.78, 5) is 25.9. The maximum absolute atomic E-state index is 12.1. The first-order valence-electron chi connectivity index (χ1n) is 6.33. The standard InChI is InChI=1S/C15H15ClN2O2S/c1-10-3-5-11(6-4-10)17-14(19)9-18(2)15(20)12-7-8-13(16)21-12/h3-8H,9H2,1-2H3,(H,17,19). The molecule has 0 radical (unpaired) electrons. The van der Waals surface area contributed by atoms with Gasteiger partial charge in [-0.05, 0) is 31.2 Å². The Morgan fingerprint density at radius 2 is 1.86 bits per heavy atom. The van der Waals surface area contributed by atoms with E-state index in [2.05, 4.69) is 5.32 Å². The highest BCUT2D eigenvalue weighted by Crippen LogP contribution is 2.22. The molecule has 1 heterocycles. The van der Waals surface area contributed by atoms with Crippen LogP contribution >= 0.6 is 22.9 Å². The van der Waals surface area contributed by atoms with Crippen molar-refractivity contribution in [3.05, 3.63) is 51.2 Å². The van der Waals surface area contributed by atoms with Gasteiger partial charge in [0.05, 0.1) is 15.8 Å². The van der Waals surface area contributed by atoms with E-state index in [-0.39, 0.29) is 18.4 Å². The Morgan fingerprint density at radius 3 is 2.43 bits per heavy atom. The summed E-state index contributed by atoms with van der Waals surface area (Å²) in [5.41, 5.74) is 1.83. The molecule has 0 spiro atoms. The molecule has 6 heteroatoms. The highest BCUT2D eigenvalue weighted by Gasteiger charge is 2.16. The van der Waals surface area contributed by atoms with E-state index >= 15 is 0 Å². The summed E-state index contributed by atoms with van der Waals surface area (Å²) in [5, 5.41) is 2.76. The lowest BCUT2D eigenvalue weighted by Gasteiger charge is -2.15. The minimum Gasteiger partial charge on any atom is -0.332 e. The number of carbonyl (C=O) groups excluding carboxylic acids is 2. The van der Waals surface area contributed by atoms with Gasteiger partial charge in [0.1, 0.15) is 0 Å². The zero-order valence-electron chi connectivity index (χ0n) is 11.7. The van der Waals surface area contributed by atoms with E-state index in [4.69, 9.17) is 11.6 Å². The molecule has 1 aromatic heterocycles. The van der Waals surface area contributed by atoms with E-state index < -0.39 is 0 Å². The quantitative estimate of drug-likeness (QED) is 0.937. The van der Waals surface area contributed by atoms with E-state index in [1.807, 2.05) is 31.2 Å². The minimum absolute atomic E-state index is 0.0117. The van der Waals surface area contributed by atoms with Crippen molar-refractivity contribution in [2.45, 2.75) is 6.92 Å². The molecule has 0 aliphatic carbocycles. The number of rotatable bonds is 4. The van der Waals surface area contributed by atoms with E-state index in [0.29, 0.717) is 14.9 Å². The number of benzene rings is 1. The lowest BCUT2D eigenvalue weighted by molar-refractivity contribution is -0.116. The van der Waals surface area contributed by atoms with Crippen LogP contribution in [0.25, 0.3) is 0 Å². The van der Waals surface area contributed by atoms with Gasteiger partial charge in [0.2, 0.25) is 5.91 Å². The van der Waals surface area contributed by atoms with E-state index in [1.54, 1.807) is 19.2 Å². The van der Waals surface area contributed by atoms with Gasteiger partial charge in [0.15, 0.2) is 0 Å². The first-order valence-corrected chi connectivity index (χ1v) is 7.52. The van der Waals surface area contributed by atoms with E-state index in [9.17, 15) is 9.59 Å². The summed E-state index contributed by atoms with van der Waals surface area (Å²) in [6, 6.07) is 10.8. The van der Waals surface area contributed by atoms with Crippen LogP contribution in [0.3, 0.4) is 0 Å². The second-order valence-electron chi connectivity index (χ2n) is 4.68. The fraction of sp³-hybridized carbons (Fsp3) is 0.200. The molecule has 2 aromatic rings. The minimum atomic E-state index is -0.239. The molecule has 0 aliphatic heterocycles. The van der Waals surface area contributed by atoms with Crippen molar-refractivity contribution in [1.29, 1.82) is 0 Å². The molecule has 21 heavy (non-hydrogen) atoms. The van der Waals surface area contributed by atoms with E-state index in [1.165, 1.54) is 16.2 Å². The SMILES string of the molecule is Cc1ccc(NC(=O)CN(C)C(=O)c2ccc(Cl)s2)cc1. The Bertz CT molecular complexity index is 652. The van der Waals surface area contributed by atoms with Crippen LogP contribution in [0.1, 0.15) is 15.2 Å². The Balaban J connectivity index is 1.92. The predicted octanol–water partition coefficient (Wildman–Crippen LogP) is 3.42. The van der Waals surface area contributed by atoms with Gasteiger partial charge in [0, 0.05) is 12.7 Å². The van der Waals surface area contributed by atoms with Crippen molar-refractivity contribution in [1.82, 2.24) is 4.90 Å². The Kier molecular flexibility index (Phi) is 4.98. The summed E-state index contributed by atoms with van der Waals surface area (Å²) < 4.78 is 0.552. The van der Waals surface area contributed by atoms with E-state index in [0.717, 1.165) is 5.56 Å². The number of thiophene rings is 1. The van der Waals surface area contributed by atoms with Gasteiger partial charge < -0.3 is 10.2 Å². The maximum Gasteiger partial charge on any atom is 0.264 e. The topological polar surface area (TPSA) is 49.4 Å². The lowest BCUT2D eigenvalue weighted by atomic mass is 10.2. The number of carbonyl (C=O) groups is 2. The fourth-order valence-corrected chi connectivity index (χ4v) is 2.78. The van der Waals surface area contributed by atoms with Crippen LogP contribution in [0, 0.1) is 6.92 Å². The largest absolute Gasteiger partial charge is 0.332 e. The van der Waals surface area contributed by atoms with Crippen LogP contribution in [0.15, 0.2) is 36.4 Å². The van der Waals surface area contributed by atoms with Crippen LogP contribution < -0.4 is 5.32 Å². The molecule has 1 N–H and O–H groups in total. The fourth-order valence-electron chi connectivity index (χ4n) is 1.74. The van der Waals surface area contributed by atoms with Crippen molar-refractivity contribution in [3.63, 3.8) is 0 Å². The van der Waals surface area contributed by atoms with Crippen LogP contribution in [0.2, 0.25) is 4.34 Å². The lowest BCUT2D eigenvalue weighted by Crippen LogP contribution is -2.34. The maximum atomic E-state index is 12.1. The summed E-state index contributed by atoms with van der Waals surface area (Å²) in [7, 11) is 1.59.